The smallest absolute Gasteiger partial charge is 0.140 e. The second kappa shape index (κ2) is 5.91. The average Bonchev–Trinajstić information content (AvgIpc) is 2.41. The molecule has 0 bridgehead atoms. The van der Waals surface area contributed by atoms with E-state index in [4.69, 9.17) is 10.00 Å². The van der Waals surface area contributed by atoms with E-state index in [-0.39, 0.29) is 6.10 Å². The molecule has 0 radical (unpaired) electrons. The topological polar surface area (TPSA) is 33.0 Å². The minimum absolute atomic E-state index is 0.289. The molecule has 0 heterocycles. The van der Waals surface area contributed by atoms with Crippen molar-refractivity contribution in [1.82, 2.24) is 0 Å². The van der Waals surface area contributed by atoms with E-state index in [2.05, 4.69) is 13.0 Å². The van der Waals surface area contributed by atoms with Crippen molar-refractivity contribution >= 4 is 0 Å². The fourth-order valence-corrected chi connectivity index (χ4v) is 2.78. The van der Waals surface area contributed by atoms with E-state index in [1.165, 1.54) is 19.3 Å². The molecule has 18 heavy (non-hydrogen) atoms. The van der Waals surface area contributed by atoms with Gasteiger partial charge in [-0.05, 0) is 43.7 Å². The summed E-state index contributed by atoms with van der Waals surface area (Å²) in [5.74, 6) is 1.58. The van der Waals surface area contributed by atoms with Crippen LogP contribution in [0.25, 0.3) is 0 Å². The van der Waals surface area contributed by atoms with Crippen LogP contribution in [0.15, 0.2) is 18.2 Å². The van der Waals surface area contributed by atoms with Gasteiger partial charge in [0.2, 0.25) is 0 Å². The van der Waals surface area contributed by atoms with E-state index in [9.17, 15) is 0 Å². The van der Waals surface area contributed by atoms with Crippen LogP contribution in [0, 0.1) is 24.2 Å². The van der Waals surface area contributed by atoms with E-state index in [1.807, 2.05) is 25.1 Å². The molecule has 0 spiro atoms. The van der Waals surface area contributed by atoms with Crippen LogP contribution in [0.5, 0.6) is 5.75 Å². The van der Waals surface area contributed by atoms with E-state index in [1.54, 1.807) is 0 Å². The van der Waals surface area contributed by atoms with Gasteiger partial charge < -0.3 is 4.74 Å². The highest BCUT2D eigenvalue weighted by Crippen LogP contribution is 2.32. The molecule has 2 heteroatoms. The lowest BCUT2D eigenvalue weighted by Gasteiger charge is -2.29. The minimum Gasteiger partial charge on any atom is -0.489 e. The highest BCUT2D eigenvalue weighted by molar-refractivity contribution is 5.47. The normalized spacial score (nSPS) is 23.4. The predicted octanol–water partition coefficient (Wildman–Crippen LogP) is 4.21. The molecule has 2 nitrogen and oxygen atoms in total. The first kappa shape index (κ1) is 13.0. The van der Waals surface area contributed by atoms with Crippen molar-refractivity contribution in [2.24, 2.45) is 5.92 Å². The van der Waals surface area contributed by atoms with Gasteiger partial charge in [0.25, 0.3) is 0 Å². The summed E-state index contributed by atoms with van der Waals surface area (Å²) >= 11 is 0. The third-order valence-corrected chi connectivity index (χ3v) is 3.93. The second-order valence-electron chi connectivity index (χ2n) is 5.24. The first-order valence-electron chi connectivity index (χ1n) is 6.91. The van der Waals surface area contributed by atoms with Gasteiger partial charge in [0.05, 0.1) is 11.7 Å². The lowest BCUT2D eigenvalue weighted by Crippen LogP contribution is -2.25. The zero-order chi connectivity index (χ0) is 13.0. The van der Waals surface area contributed by atoms with Crippen LogP contribution in [-0.2, 0) is 0 Å². The summed E-state index contributed by atoms with van der Waals surface area (Å²) in [7, 11) is 0. The molecule has 2 atom stereocenters. The molecule has 1 aliphatic carbocycles. The first-order chi connectivity index (χ1) is 8.74. The molecule has 96 valence electrons. The van der Waals surface area contributed by atoms with Crippen LogP contribution in [0.4, 0.5) is 0 Å². The van der Waals surface area contributed by atoms with Crippen molar-refractivity contribution in [3.8, 4) is 11.8 Å². The summed E-state index contributed by atoms with van der Waals surface area (Å²) in [5, 5.41) is 9.14. The van der Waals surface area contributed by atoms with E-state index in [0.717, 1.165) is 30.1 Å². The number of nitriles is 1. The molecule has 1 fully saturated rings. The fourth-order valence-electron chi connectivity index (χ4n) is 2.78. The van der Waals surface area contributed by atoms with Crippen molar-refractivity contribution in [3.63, 3.8) is 0 Å². The maximum Gasteiger partial charge on any atom is 0.140 e. The van der Waals surface area contributed by atoms with Crippen LogP contribution >= 0.6 is 0 Å². The molecule has 0 N–H and O–H groups in total. The summed E-state index contributed by atoms with van der Waals surface area (Å²) in [4.78, 5) is 0. The highest BCUT2D eigenvalue weighted by atomic mass is 16.5. The predicted molar refractivity (Wildman–Crippen MR) is 72.6 cm³/mol. The summed E-state index contributed by atoms with van der Waals surface area (Å²) < 4.78 is 6.12. The highest BCUT2D eigenvalue weighted by Gasteiger charge is 2.23. The maximum atomic E-state index is 9.14. The number of benzene rings is 1. The molecular weight excluding hydrogens is 222 g/mol. The molecule has 0 amide bonds. The molecule has 1 saturated carbocycles. The lowest BCUT2D eigenvalue weighted by atomic mass is 9.85. The van der Waals surface area contributed by atoms with Gasteiger partial charge in [-0.15, -0.1) is 0 Å². The Balaban J connectivity index is 2.12. The Labute approximate surface area is 110 Å². The summed E-state index contributed by atoms with van der Waals surface area (Å²) in [6, 6.07) is 7.99. The standard InChI is InChI=1S/C16H21NO/c1-3-13-7-5-9-15(10-13)18-16-12(2)6-4-8-14(16)11-17/h4,6,8,13,15H,3,5,7,9-10H2,1-2H3. The van der Waals surface area contributed by atoms with Gasteiger partial charge in [0.1, 0.15) is 11.8 Å². The summed E-state index contributed by atoms with van der Waals surface area (Å²) in [6.07, 6.45) is 6.35. The molecule has 0 aliphatic heterocycles. The lowest BCUT2D eigenvalue weighted by molar-refractivity contribution is 0.121. The third kappa shape index (κ3) is 2.85. The van der Waals surface area contributed by atoms with Crippen LogP contribution in [0.1, 0.15) is 50.2 Å². The quantitative estimate of drug-likeness (QED) is 0.796. The van der Waals surface area contributed by atoms with Gasteiger partial charge in [-0.1, -0.05) is 31.9 Å². The molecule has 2 rings (SSSR count). The van der Waals surface area contributed by atoms with Crippen LogP contribution in [0.2, 0.25) is 0 Å². The van der Waals surface area contributed by atoms with Crippen LogP contribution in [0.3, 0.4) is 0 Å². The Morgan fingerprint density at radius 3 is 2.94 bits per heavy atom. The number of para-hydroxylation sites is 1. The van der Waals surface area contributed by atoms with Crippen LogP contribution in [-0.4, -0.2) is 6.10 Å². The van der Waals surface area contributed by atoms with Gasteiger partial charge in [-0.2, -0.15) is 5.26 Å². The largest absolute Gasteiger partial charge is 0.489 e. The Morgan fingerprint density at radius 2 is 2.22 bits per heavy atom. The molecule has 1 aromatic carbocycles. The molecule has 0 saturated heterocycles. The SMILES string of the molecule is CCC1CCCC(Oc2c(C)cccc2C#N)C1. The van der Waals surface area contributed by atoms with Gasteiger partial charge in [0.15, 0.2) is 0 Å². The summed E-state index contributed by atoms with van der Waals surface area (Å²) in [6.45, 7) is 4.26. The number of ether oxygens (including phenoxy) is 1. The van der Waals surface area contributed by atoms with Crippen molar-refractivity contribution in [3.05, 3.63) is 29.3 Å². The number of hydrogen-bond acceptors (Lipinski definition) is 2. The molecule has 2 unspecified atom stereocenters. The zero-order valence-corrected chi connectivity index (χ0v) is 11.3. The number of nitrogens with zero attached hydrogens (tertiary/aromatic N) is 1. The van der Waals surface area contributed by atoms with E-state index in [0.29, 0.717) is 5.56 Å². The summed E-state index contributed by atoms with van der Waals surface area (Å²) in [5.41, 5.74) is 1.72. The van der Waals surface area contributed by atoms with Crippen LogP contribution < -0.4 is 4.74 Å². The fraction of sp³-hybridized carbons (Fsp3) is 0.562. The molecule has 0 aromatic heterocycles. The monoisotopic (exact) mass is 243 g/mol. The second-order valence-corrected chi connectivity index (χ2v) is 5.24. The third-order valence-electron chi connectivity index (χ3n) is 3.93. The van der Waals surface area contributed by atoms with Crippen molar-refractivity contribution in [1.29, 1.82) is 5.26 Å². The number of rotatable bonds is 3. The minimum atomic E-state index is 0.289. The number of hydrogen-bond donors (Lipinski definition) is 0. The van der Waals surface area contributed by atoms with Crippen molar-refractivity contribution in [2.45, 2.75) is 52.1 Å². The molecule has 1 aliphatic rings. The first-order valence-corrected chi connectivity index (χ1v) is 6.91. The van der Waals surface area contributed by atoms with Gasteiger partial charge in [-0.3, -0.25) is 0 Å². The Morgan fingerprint density at radius 1 is 1.39 bits per heavy atom. The van der Waals surface area contributed by atoms with Gasteiger partial charge in [0, 0.05) is 0 Å². The van der Waals surface area contributed by atoms with Crippen molar-refractivity contribution < 1.29 is 4.74 Å². The Hall–Kier alpha value is -1.49. The zero-order valence-electron chi connectivity index (χ0n) is 11.3. The molecular formula is C16H21NO. The van der Waals surface area contributed by atoms with E-state index < -0.39 is 0 Å². The Kier molecular flexibility index (Phi) is 4.25. The maximum absolute atomic E-state index is 9.14. The van der Waals surface area contributed by atoms with E-state index >= 15 is 0 Å². The van der Waals surface area contributed by atoms with Gasteiger partial charge >= 0.3 is 0 Å². The Bertz CT molecular complexity index is 447. The average molecular weight is 243 g/mol. The number of aryl methyl sites for hydroxylation is 1. The van der Waals surface area contributed by atoms with Crippen molar-refractivity contribution in [2.75, 3.05) is 0 Å². The molecule has 1 aromatic rings. The van der Waals surface area contributed by atoms with Gasteiger partial charge in [-0.25, -0.2) is 0 Å².